The fraction of sp³-hybridized carbons (Fsp3) is 0.500. The van der Waals surface area contributed by atoms with Crippen LogP contribution in [0.15, 0.2) is 30.9 Å². The summed E-state index contributed by atoms with van der Waals surface area (Å²) in [6.07, 6.45) is 3.97. The van der Waals surface area contributed by atoms with E-state index < -0.39 is 0 Å². The lowest BCUT2D eigenvalue weighted by atomic mass is 9.95. The van der Waals surface area contributed by atoms with Crippen LogP contribution in [0.3, 0.4) is 0 Å². The number of nitrogens with one attached hydrogen (secondary N) is 1. The van der Waals surface area contributed by atoms with Gasteiger partial charge in [-0.1, -0.05) is 30.3 Å². The van der Waals surface area contributed by atoms with Crippen molar-refractivity contribution in [1.82, 2.24) is 25.0 Å². The number of benzene rings is 1. The van der Waals surface area contributed by atoms with E-state index in [1.54, 1.807) is 6.08 Å². The summed E-state index contributed by atoms with van der Waals surface area (Å²) in [5.41, 5.74) is 1.22. The van der Waals surface area contributed by atoms with E-state index >= 15 is 0 Å². The predicted octanol–water partition coefficient (Wildman–Crippen LogP) is 3.40. The van der Waals surface area contributed by atoms with Crippen molar-refractivity contribution >= 4 is 24.0 Å². The Hall–Kier alpha value is -1.60. The Morgan fingerprint density at radius 2 is 2.07 bits per heavy atom. The number of hydrogen-bond donors (Lipinski definition) is 1. The van der Waals surface area contributed by atoms with Crippen molar-refractivity contribution in [3.63, 3.8) is 0 Å². The van der Waals surface area contributed by atoms with Crippen molar-refractivity contribution in [2.75, 3.05) is 26.2 Å². The maximum absolute atomic E-state index is 6.34. The number of ether oxygens (including phenoxy) is 1. The van der Waals surface area contributed by atoms with E-state index in [9.17, 15) is 0 Å². The van der Waals surface area contributed by atoms with Crippen LogP contribution in [0.25, 0.3) is 0 Å². The van der Waals surface area contributed by atoms with Crippen molar-refractivity contribution in [3.05, 3.63) is 53.1 Å². The normalized spacial score (nSPS) is 17.6. The summed E-state index contributed by atoms with van der Waals surface area (Å²) in [7, 11) is 0. The highest BCUT2D eigenvalue weighted by atomic mass is 35.5. The molecule has 0 atom stereocenters. The summed E-state index contributed by atoms with van der Waals surface area (Å²) in [6.45, 7) is 9.99. The Kier molecular flexibility index (Phi) is 7.35. The van der Waals surface area contributed by atoms with Crippen LogP contribution in [-0.4, -0.2) is 45.9 Å². The zero-order chi connectivity index (χ0) is 18.6. The standard InChI is InChI=1S/C20H26ClN5O.ClH/c1-2-11-27-18-4-3-15(12-17(18)21)14-25-8-5-16(6-9-25)20-24-23-19-13-22-7-10-26(19)20;/h2-4,12,16,22H,1,5-11,13-14H2;1H. The second-order valence-electron chi connectivity index (χ2n) is 7.22. The Morgan fingerprint density at radius 3 is 2.82 bits per heavy atom. The van der Waals surface area contributed by atoms with E-state index in [4.69, 9.17) is 16.3 Å². The van der Waals surface area contributed by atoms with Gasteiger partial charge in [-0.2, -0.15) is 0 Å². The Labute approximate surface area is 177 Å². The van der Waals surface area contributed by atoms with Gasteiger partial charge in [-0.25, -0.2) is 0 Å². The first-order valence-corrected chi connectivity index (χ1v) is 9.99. The minimum Gasteiger partial charge on any atom is -0.488 e. The Balaban J connectivity index is 0.00000225. The smallest absolute Gasteiger partial charge is 0.147 e. The third-order valence-electron chi connectivity index (χ3n) is 5.36. The molecule has 8 heteroatoms. The van der Waals surface area contributed by atoms with E-state index in [1.165, 1.54) is 11.4 Å². The van der Waals surface area contributed by atoms with E-state index in [0.29, 0.717) is 23.3 Å². The number of hydrogen-bond acceptors (Lipinski definition) is 5. The lowest BCUT2D eigenvalue weighted by Gasteiger charge is -2.32. The molecule has 0 bridgehead atoms. The van der Waals surface area contributed by atoms with Gasteiger partial charge in [0.25, 0.3) is 0 Å². The number of fused-ring (bicyclic) bond motifs is 1. The summed E-state index contributed by atoms with van der Waals surface area (Å²) >= 11 is 6.34. The van der Waals surface area contributed by atoms with Gasteiger partial charge in [0.1, 0.15) is 24.0 Å². The first kappa shape index (κ1) is 21.1. The molecule has 2 aromatic rings. The lowest BCUT2D eigenvalue weighted by molar-refractivity contribution is 0.199. The minimum atomic E-state index is 0. The summed E-state index contributed by atoms with van der Waals surface area (Å²) in [5.74, 6) is 3.48. The third-order valence-corrected chi connectivity index (χ3v) is 5.66. The molecule has 0 saturated carbocycles. The van der Waals surface area contributed by atoms with Crippen LogP contribution in [0.1, 0.15) is 36.0 Å². The van der Waals surface area contributed by atoms with Crippen LogP contribution in [-0.2, 0) is 19.6 Å². The number of halogens is 2. The lowest BCUT2D eigenvalue weighted by Crippen LogP contribution is -2.34. The molecule has 0 aliphatic carbocycles. The average molecular weight is 424 g/mol. The summed E-state index contributed by atoms with van der Waals surface area (Å²) < 4.78 is 7.87. The fourth-order valence-corrected chi connectivity index (χ4v) is 4.19. The van der Waals surface area contributed by atoms with Gasteiger partial charge in [-0.15, -0.1) is 22.6 Å². The molecule has 1 aromatic carbocycles. The van der Waals surface area contributed by atoms with Crippen molar-refractivity contribution in [2.45, 2.75) is 38.4 Å². The molecule has 0 spiro atoms. The van der Waals surface area contributed by atoms with Gasteiger partial charge in [0.05, 0.1) is 11.6 Å². The Morgan fingerprint density at radius 1 is 1.25 bits per heavy atom. The monoisotopic (exact) mass is 423 g/mol. The van der Waals surface area contributed by atoms with Crippen LogP contribution in [0.4, 0.5) is 0 Å². The molecule has 0 amide bonds. The van der Waals surface area contributed by atoms with Crippen LogP contribution >= 0.6 is 24.0 Å². The molecule has 1 N–H and O–H groups in total. The summed E-state index contributed by atoms with van der Waals surface area (Å²) in [5, 5.41) is 12.9. The number of piperidine rings is 1. The molecule has 0 radical (unpaired) electrons. The Bertz CT molecular complexity index is 802. The second kappa shape index (κ2) is 9.74. The van der Waals surface area contributed by atoms with Gasteiger partial charge in [-0.05, 0) is 43.6 Å². The molecule has 3 heterocycles. The summed E-state index contributed by atoms with van der Waals surface area (Å²) in [4.78, 5) is 2.49. The first-order chi connectivity index (χ1) is 13.2. The van der Waals surface area contributed by atoms with Gasteiger partial charge in [-0.3, -0.25) is 4.90 Å². The molecule has 1 saturated heterocycles. The van der Waals surface area contributed by atoms with Gasteiger partial charge in [0.15, 0.2) is 0 Å². The molecule has 152 valence electrons. The van der Waals surface area contributed by atoms with Crippen molar-refractivity contribution in [3.8, 4) is 5.75 Å². The first-order valence-electron chi connectivity index (χ1n) is 9.62. The van der Waals surface area contributed by atoms with E-state index in [0.717, 1.165) is 57.9 Å². The zero-order valence-electron chi connectivity index (χ0n) is 15.9. The number of rotatable bonds is 6. The van der Waals surface area contributed by atoms with E-state index in [1.807, 2.05) is 12.1 Å². The largest absolute Gasteiger partial charge is 0.488 e. The number of nitrogens with zero attached hydrogens (tertiary/aromatic N) is 4. The van der Waals surface area contributed by atoms with Gasteiger partial charge in [0.2, 0.25) is 0 Å². The van der Waals surface area contributed by atoms with Gasteiger partial charge in [0, 0.05) is 25.6 Å². The molecule has 4 rings (SSSR count). The fourth-order valence-electron chi connectivity index (χ4n) is 3.93. The molecule has 1 aromatic heterocycles. The summed E-state index contributed by atoms with van der Waals surface area (Å²) in [6, 6.07) is 6.05. The van der Waals surface area contributed by atoms with Crippen molar-refractivity contribution < 1.29 is 4.74 Å². The highest BCUT2D eigenvalue weighted by molar-refractivity contribution is 6.32. The number of aromatic nitrogens is 3. The molecule has 6 nitrogen and oxygen atoms in total. The zero-order valence-corrected chi connectivity index (χ0v) is 17.5. The van der Waals surface area contributed by atoms with Crippen LogP contribution in [0.5, 0.6) is 5.75 Å². The van der Waals surface area contributed by atoms with Crippen molar-refractivity contribution in [1.29, 1.82) is 0 Å². The quantitative estimate of drug-likeness (QED) is 0.721. The third kappa shape index (κ3) is 4.69. The molecular weight excluding hydrogens is 397 g/mol. The minimum absolute atomic E-state index is 0. The maximum atomic E-state index is 6.34. The molecule has 28 heavy (non-hydrogen) atoms. The predicted molar refractivity (Wildman–Crippen MR) is 113 cm³/mol. The highest BCUT2D eigenvalue weighted by Gasteiger charge is 2.27. The molecular formula is C20H27Cl2N5O. The molecule has 2 aliphatic rings. The average Bonchev–Trinajstić information content (AvgIpc) is 3.12. The molecule has 1 fully saturated rings. The SMILES string of the molecule is C=CCOc1ccc(CN2CCC(c3nnc4n3CCNC4)CC2)cc1Cl.Cl. The topological polar surface area (TPSA) is 55.2 Å². The van der Waals surface area contributed by atoms with Crippen molar-refractivity contribution in [2.24, 2.45) is 0 Å². The van der Waals surface area contributed by atoms with Gasteiger partial charge < -0.3 is 14.6 Å². The van der Waals surface area contributed by atoms with Crippen LogP contribution in [0.2, 0.25) is 5.02 Å². The maximum Gasteiger partial charge on any atom is 0.147 e. The van der Waals surface area contributed by atoms with E-state index in [2.05, 4.69) is 37.6 Å². The van der Waals surface area contributed by atoms with Crippen LogP contribution in [0, 0.1) is 0 Å². The second-order valence-corrected chi connectivity index (χ2v) is 7.62. The van der Waals surface area contributed by atoms with E-state index in [-0.39, 0.29) is 12.4 Å². The molecule has 0 unspecified atom stereocenters. The highest BCUT2D eigenvalue weighted by Crippen LogP contribution is 2.30. The van der Waals surface area contributed by atoms with Gasteiger partial charge >= 0.3 is 0 Å². The van der Waals surface area contributed by atoms with Crippen LogP contribution < -0.4 is 10.1 Å². The molecule has 2 aliphatic heterocycles. The number of likely N-dealkylation sites (tertiary alicyclic amines) is 1.